The van der Waals surface area contributed by atoms with E-state index in [0.29, 0.717) is 12.8 Å². The van der Waals surface area contributed by atoms with E-state index < -0.39 is 46.6 Å². The molecule has 1 rings (SSSR count). The molecule has 1 aromatic carbocycles. The Balaban J connectivity index is 2.41. The molecule has 1 amide bonds. The molecule has 0 aliphatic rings. The summed E-state index contributed by atoms with van der Waals surface area (Å²) in [6.07, 6.45) is 5.51. The van der Waals surface area contributed by atoms with Gasteiger partial charge >= 0.3 is 6.18 Å². The average molecular weight is 443 g/mol. The molecule has 30 heavy (non-hydrogen) atoms. The van der Waals surface area contributed by atoms with Crippen molar-refractivity contribution >= 4 is 11.6 Å². The van der Waals surface area contributed by atoms with Gasteiger partial charge in [0.2, 0.25) is 5.91 Å². The molecule has 0 radical (unpaired) electrons. The first kappa shape index (κ1) is 26.2. The Labute approximate surface area is 172 Å². The summed E-state index contributed by atoms with van der Waals surface area (Å²) >= 11 is 0. The number of hydrogen-bond donors (Lipinski definition) is 1. The van der Waals surface area contributed by atoms with E-state index in [4.69, 9.17) is 0 Å². The van der Waals surface area contributed by atoms with Crippen LogP contribution < -0.4 is 5.32 Å². The van der Waals surface area contributed by atoms with Crippen LogP contribution in [0.15, 0.2) is 0 Å². The van der Waals surface area contributed by atoms with Crippen LogP contribution in [0.1, 0.15) is 89.5 Å². The van der Waals surface area contributed by atoms with Crippen molar-refractivity contribution in [1.82, 2.24) is 0 Å². The topological polar surface area (TPSA) is 29.1 Å². The van der Waals surface area contributed by atoms with E-state index in [9.17, 15) is 35.5 Å². The van der Waals surface area contributed by atoms with Crippen molar-refractivity contribution in [3.63, 3.8) is 0 Å². The third-order valence-electron chi connectivity index (χ3n) is 4.82. The molecule has 0 aliphatic carbocycles. The second-order valence-electron chi connectivity index (χ2n) is 7.34. The predicted octanol–water partition coefficient (Wildman–Crippen LogP) is 7.90. The molecule has 9 heteroatoms. The fourth-order valence-electron chi connectivity index (χ4n) is 3.14. The van der Waals surface area contributed by atoms with Gasteiger partial charge in [0, 0.05) is 6.42 Å². The highest BCUT2D eigenvalue weighted by molar-refractivity contribution is 5.91. The van der Waals surface area contributed by atoms with Crippen LogP contribution in [0.5, 0.6) is 0 Å². The molecule has 0 aliphatic heterocycles. The first-order valence-corrected chi connectivity index (χ1v) is 10.3. The number of benzene rings is 1. The average Bonchev–Trinajstić information content (AvgIpc) is 2.67. The fraction of sp³-hybridized carbons (Fsp3) is 0.667. The minimum absolute atomic E-state index is 0.167. The van der Waals surface area contributed by atoms with Crippen molar-refractivity contribution in [2.75, 3.05) is 5.32 Å². The van der Waals surface area contributed by atoms with Crippen molar-refractivity contribution in [1.29, 1.82) is 0 Å². The van der Waals surface area contributed by atoms with Gasteiger partial charge in [-0.3, -0.25) is 4.79 Å². The zero-order valence-corrected chi connectivity index (χ0v) is 17.0. The maximum Gasteiger partial charge on any atom is 0.422 e. The number of unbranched alkanes of at least 4 members (excludes halogenated alkanes) is 10. The van der Waals surface area contributed by atoms with Gasteiger partial charge in [-0.25, -0.2) is 17.6 Å². The van der Waals surface area contributed by atoms with E-state index >= 15 is 0 Å². The molecule has 0 spiro atoms. The Kier molecular flexibility index (Phi) is 11.2. The monoisotopic (exact) mass is 443 g/mol. The first-order chi connectivity index (χ1) is 14.1. The highest BCUT2D eigenvalue weighted by Crippen LogP contribution is 2.38. The van der Waals surface area contributed by atoms with Gasteiger partial charge in [0.25, 0.3) is 0 Å². The lowest BCUT2D eigenvalue weighted by atomic mass is 10.1. The second-order valence-corrected chi connectivity index (χ2v) is 7.34. The van der Waals surface area contributed by atoms with Crippen LogP contribution in [0.2, 0.25) is 0 Å². The number of amides is 1. The zero-order chi connectivity index (χ0) is 22.7. The first-order valence-electron chi connectivity index (χ1n) is 10.3. The third kappa shape index (κ3) is 8.14. The molecule has 1 N–H and O–H groups in total. The fourth-order valence-corrected chi connectivity index (χ4v) is 3.14. The highest BCUT2D eigenvalue weighted by Gasteiger charge is 2.42. The van der Waals surface area contributed by atoms with Crippen molar-refractivity contribution in [3.8, 4) is 0 Å². The number of carbonyl (C=O) groups excluding carboxylic acids is 1. The number of nitrogens with one attached hydrogen (secondary N) is 1. The van der Waals surface area contributed by atoms with Crippen molar-refractivity contribution in [2.45, 2.75) is 90.1 Å². The standard InChI is InChI=1S/C21H28F7NO/c1-2-3-4-5-6-7-8-9-10-11-12-13-14(30)29-20-18(24)16(22)15(21(26,27)28)17(23)19(20)25/h2-13H2,1H3,(H,29,30). The summed E-state index contributed by atoms with van der Waals surface area (Å²) in [5.41, 5.74) is -4.22. The Morgan fingerprint density at radius 3 is 1.50 bits per heavy atom. The summed E-state index contributed by atoms with van der Waals surface area (Å²) in [6.45, 7) is 2.16. The molecule has 0 heterocycles. The number of anilines is 1. The van der Waals surface area contributed by atoms with Gasteiger partial charge in [-0.2, -0.15) is 13.2 Å². The summed E-state index contributed by atoms with van der Waals surface area (Å²) in [6, 6.07) is 0. The SMILES string of the molecule is CCCCCCCCCCCCCC(=O)Nc1c(F)c(F)c(C(F)(F)F)c(F)c1F. The summed E-state index contributed by atoms with van der Waals surface area (Å²) in [4.78, 5) is 11.8. The summed E-state index contributed by atoms with van der Waals surface area (Å²) < 4.78 is 92.2. The number of rotatable bonds is 13. The van der Waals surface area contributed by atoms with Crippen LogP contribution in [0.25, 0.3) is 0 Å². The van der Waals surface area contributed by atoms with E-state index in [0.717, 1.165) is 25.7 Å². The smallest absolute Gasteiger partial charge is 0.321 e. The molecule has 0 unspecified atom stereocenters. The van der Waals surface area contributed by atoms with Gasteiger partial charge in [0.15, 0.2) is 23.3 Å². The minimum atomic E-state index is -5.62. The summed E-state index contributed by atoms with van der Waals surface area (Å²) in [5.74, 6) is -10.7. The van der Waals surface area contributed by atoms with E-state index in [1.807, 2.05) is 0 Å². The third-order valence-corrected chi connectivity index (χ3v) is 4.82. The lowest BCUT2D eigenvalue weighted by Crippen LogP contribution is -2.20. The maximum atomic E-state index is 13.8. The molecule has 0 atom stereocenters. The lowest BCUT2D eigenvalue weighted by Gasteiger charge is -2.14. The largest absolute Gasteiger partial charge is 0.422 e. The quantitative estimate of drug-likeness (QED) is 0.187. The van der Waals surface area contributed by atoms with Crippen molar-refractivity contribution < 1.29 is 35.5 Å². The number of hydrogen-bond acceptors (Lipinski definition) is 1. The van der Waals surface area contributed by atoms with Crippen LogP contribution in [0.3, 0.4) is 0 Å². The molecule has 1 aromatic rings. The van der Waals surface area contributed by atoms with Gasteiger partial charge < -0.3 is 5.32 Å². The highest BCUT2D eigenvalue weighted by atomic mass is 19.4. The molecule has 0 aromatic heterocycles. The van der Waals surface area contributed by atoms with Crippen LogP contribution in [-0.2, 0) is 11.0 Å². The lowest BCUT2D eigenvalue weighted by molar-refractivity contribution is -0.143. The van der Waals surface area contributed by atoms with Gasteiger partial charge in [0.1, 0.15) is 11.3 Å². The summed E-state index contributed by atoms with van der Waals surface area (Å²) in [5, 5.41) is 1.64. The van der Waals surface area contributed by atoms with Gasteiger partial charge in [-0.15, -0.1) is 0 Å². The van der Waals surface area contributed by atoms with Crippen LogP contribution in [0.4, 0.5) is 36.4 Å². The molecule has 172 valence electrons. The number of halogens is 7. The molecular formula is C21H28F7NO. The summed E-state index contributed by atoms with van der Waals surface area (Å²) in [7, 11) is 0. The van der Waals surface area contributed by atoms with Crippen molar-refractivity contribution in [2.24, 2.45) is 0 Å². The molecule has 0 saturated carbocycles. The zero-order valence-electron chi connectivity index (χ0n) is 17.0. The maximum absolute atomic E-state index is 13.8. The molecule has 0 bridgehead atoms. The predicted molar refractivity (Wildman–Crippen MR) is 101 cm³/mol. The van der Waals surface area contributed by atoms with Gasteiger partial charge in [-0.05, 0) is 6.42 Å². The molecule has 0 fully saturated rings. The van der Waals surface area contributed by atoms with Gasteiger partial charge in [-0.1, -0.05) is 71.1 Å². The minimum Gasteiger partial charge on any atom is -0.321 e. The number of carbonyl (C=O) groups is 1. The molecule has 2 nitrogen and oxygen atoms in total. The van der Waals surface area contributed by atoms with Crippen LogP contribution in [-0.4, -0.2) is 5.91 Å². The normalized spacial score (nSPS) is 11.7. The molecular weight excluding hydrogens is 415 g/mol. The Morgan fingerprint density at radius 1 is 0.700 bits per heavy atom. The van der Waals surface area contributed by atoms with Crippen LogP contribution in [0, 0.1) is 23.3 Å². The van der Waals surface area contributed by atoms with Gasteiger partial charge in [0.05, 0.1) is 0 Å². The Hall–Kier alpha value is -1.80. The van der Waals surface area contributed by atoms with E-state index in [-0.39, 0.29) is 6.42 Å². The van der Waals surface area contributed by atoms with E-state index in [2.05, 4.69) is 6.92 Å². The van der Waals surface area contributed by atoms with E-state index in [1.165, 1.54) is 32.1 Å². The second kappa shape index (κ2) is 12.8. The van der Waals surface area contributed by atoms with Crippen LogP contribution >= 0.6 is 0 Å². The van der Waals surface area contributed by atoms with E-state index in [1.54, 1.807) is 5.32 Å². The number of alkyl halides is 3. The Morgan fingerprint density at radius 2 is 1.10 bits per heavy atom. The van der Waals surface area contributed by atoms with Crippen molar-refractivity contribution in [3.05, 3.63) is 28.8 Å². The molecule has 0 saturated heterocycles. The Bertz CT molecular complexity index is 660.